The standard InChI is InChI=1S/C17H25N5OS/c1-21(2)15(13-5-7-24-11-13)9-18-16-8-17(20-12-19-16)22-6-3-4-14(22)10-23/h5,7-8,11-12,14-15,23H,3-4,6,9-10H2,1-2H3,(H,18,19,20)/t14-,15-/m0/s1. The molecule has 2 aromatic rings. The number of anilines is 2. The van der Waals surface area contributed by atoms with Crippen molar-refractivity contribution < 1.29 is 5.11 Å². The zero-order valence-electron chi connectivity index (χ0n) is 14.2. The topological polar surface area (TPSA) is 64.5 Å². The molecule has 0 radical (unpaired) electrons. The van der Waals surface area contributed by atoms with Crippen molar-refractivity contribution in [3.05, 3.63) is 34.8 Å². The highest BCUT2D eigenvalue weighted by molar-refractivity contribution is 7.07. The number of nitrogens with one attached hydrogen (secondary N) is 1. The molecule has 7 heteroatoms. The lowest BCUT2D eigenvalue weighted by atomic mass is 10.1. The van der Waals surface area contributed by atoms with E-state index in [-0.39, 0.29) is 12.6 Å². The second-order valence-electron chi connectivity index (χ2n) is 6.35. The summed E-state index contributed by atoms with van der Waals surface area (Å²) in [4.78, 5) is 13.1. The Hall–Kier alpha value is -1.70. The van der Waals surface area contributed by atoms with E-state index < -0.39 is 0 Å². The summed E-state index contributed by atoms with van der Waals surface area (Å²) in [6, 6.07) is 4.62. The molecular formula is C17H25N5OS. The molecule has 0 saturated carbocycles. The summed E-state index contributed by atoms with van der Waals surface area (Å²) in [6.45, 7) is 1.90. The Balaban J connectivity index is 1.68. The molecule has 0 unspecified atom stereocenters. The van der Waals surface area contributed by atoms with E-state index in [1.165, 1.54) is 5.56 Å². The van der Waals surface area contributed by atoms with E-state index in [1.807, 2.05) is 6.07 Å². The van der Waals surface area contributed by atoms with E-state index in [4.69, 9.17) is 0 Å². The molecule has 0 spiro atoms. The highest BCUT2D eigenvalue weighted by Gasteiger charge is 2.25. The molecule has 1 saturated heterocycles. The van der Waals surface area contributed by atoms with Crippen LogP contribution in [0.2, 0.25) is 0 Å². The monoisotopic (exact) mass is 347 g/mol. The number of thiophene rings is 1. The lowest BCUT2D eigenvalue weighted by Crippen LogP contribution is -2.32. The van der Waals surface area contributed by atoms with Crippen molar-refractivity contribution in [1.29, 1.82) is 0 Å². The van der Waals surface area contributed by atoms with Crippen LogP contribution in [0.4, 0.5) is 11.6 Å². The van der Waals surface area contributed by atoms with Gasteiger partial charge in [0.25, 0.3) is 0 Å². The normalized spacial score (nSPS) is 19.0. The van der Waals surface area contributed by atoms with Gasteiger partial charge in [-0.1, -0.05) is 0 Å². The number of rotatable bonds is 7. The van der Waals surface area contributed by atoms with Crippen LogP contribution in [0, 0.1) is 0 Å². The SMILES string of the molecule is CN(C)[C@@H](CNc1cc(N2CCC[C@H]2CO)ncn1)c1ccsc1. The number of nitrogens with zero attached hydrogens (tertiary/aromatic N) is 4. The Bertz CT molecular complexity index is 634. The highest BCUT2D eigenvalue weighted by Crippen LogP contribution is 2.25. The first-order valence-electron chi connectivity index (χ1n) is 8.31. The van der Waals surface area contributed by atoms with Crippen LogP contribution in [0.15, 0.2) is 29.2 Å². The van der Waals surface area contributed by atoms with E-state index in [9.17, 15) is 5.11 Å². The molecule has 0 aromatic carbocycles. The van der Waals surface area contributed by atoms with Crippen molar-refractivity contribution in [1.82, 2.24) is 14.9 Å². The van der Waals surface area contributed by atoms with Gasteiger partial charge in [-0.25, -0.2) is 9.97 Å². The van der Waals surface area contributed by atoms with Gasteiger partial charge in [-0.05, 0) is 49.3 Å². The fourth-order valence-electron chi connectivity index (χ4n) is 3.19. The smallest absolute Gasteiger partial charge is 0.134 e. The van der Waals surface area contributed by atoms with Gasteiger partial charge >= 0.3 is 0 Å². The molecule has 0 amide bonds. The molecule has 1 aliphatic rings. The zero-order valence-corrected chi connectivity index (χ0v) is 15.0. The Morgan fingerprint density at radius 3 is 3.04 bits per heavy atom. The summed E-state index contributed by atoms with van der Waals surface area (Å²) in [5.74, 6) is 1.71. The minimum Gasteiger partial charge on any atom is -0.394 e. The number of likely N-dealkylation sites (N-methyl/N-ethyl adjacent to an activating group) is 1. The van der Waals surface area contributed by atoms with Gasteiger partial charge in [0.15, 0.2) is 0 Å². The van der Waals surface area contributed by atoms with Gasteiger partial charge in [0.2, 0.25) is 0 Å². The lowest BCUT2D eigenvalue weighted by Gasteiger charge is -2.26. The maximum absolute atomic E-state index is 9.50. The number of hydrogen-bond donors (Lipinski definition) is 2. The van der Waals surface area contributed by atoms with Gasteiger partial charge in [-0.3, -0.25) is 0 Å². The molecule has 130 valence electrons. The predicted molar refractivity (Wildman–Crippen MR) is 98.7 cm³/mol. The molecule has 6 nitrogen and oxygen atoms in total. The van der Waals surface area contributed by atoms with Crippen LogP contribution in [-0.4, -0.2) is 59.8 Å². The third-order valence-electron chi connectivity index (χ3n) is 4.56. The minimum absolute atomic E-state index is 0.174. The average Bonchev–Trinajstić information content (AvgIpc) is 3.26. The first kappa shape index (κ1) is 17.1. The Morgan fingerprint density at radius 1 is 1.46 bits per heavy atom. The number of aromatic nitrogens is 2. The van der Waals surface area contributed by atoms with Crippen molar-refractivity contribution in [2.75, 3.05) is 44.0 Å². The second kappa shape index (κ2) is 7.92. The number of hydrogen-bond acceptors (Lipinski definition) is 7. The van der Waals surface area contributed by atoms with Gasteiger partial charge in [0.05, 0.1) is 18.7 Å². The Labute approximate surface area is 147 Å². The van der Waals surface area contributed by atoms with Crippen molar-refractivity contribution in [2.24, 2.45) is 0 Å². The van der Waals surface area contributed by atoms with Crippen molar-refractivity contribution >= 4 is 23.0 Å². The maximum Gasteiger partial charge on any atom is 0.134 e. The summed E-state index contributed by atoms with van der Waals surface area (Å²) >= 11 is 1.72. The molecule has 1 aliphatic heterocycles. The molecule has 3 rings (SSSR count). The van der Waals surface area contributed by atoms with Crippen LogP contribution in [0.3, 0.4) is 0 Å². The third-order valence-corrected chi connectivity index (χ3v) is 5.26. The molecule has 24 heavy (non-hydrogen) atoms. The Morgan fingerprint density at radius 2 is 2.33 bits per heavy atom. The first-order chi connectivity index (χ1) is 11.7. The maximum atomic E-state index is 9.50. The van der Waals surface area contributed by atoms with Crippen molar-refractivity contribution in [3.8, 4) is 0 Å². The van der Waals surface area contributed by atoms with E-state index in [0.29, 0.717) is 6.04 Å². The average molecular weight is 347 g/mol. The van der Waals surface area contributed by atoms with Gasteiger partial charge in [0, 0.05) is 19.2 Å². The largest absolute Gasteiger partial charge is 0.394 e. The molecule has 3 heterocycles. The first-order valence-corrected chi connectivity index (χ1v) is 9.25. The van der Waals surface area contributed by atoms with E-state index in [0.717, 1.165) is 37.6 Å². The van der Waals surface area contributed by atoms with Gasteiger partial charge in [0.1, 0.15) is 18.0 Å². The van der Waals surface area contributed by atoms with E-state index >= 15 is 0 Å². The van der Waals surface area contributed by atoms with Gasteiger partial charge < -0.3 is 20.2 Å². The fourth-order valence-corrected chi connectivity index (χ4v) is 3.90. The zero-order chi connectivity index (χ0) is 16.9. The summed E-state index contributed by atoms with van der Waals surface area (Å²) in [5.41, 5.74) is 1.31. The quantitative estimate of drug-likeness (QED) is 0.801. The van der Waals surface area contributed by atoms with Crippen LogP contribution < -0.4 is 10.2 Å². The molecule has 2 N–H and O–H groups in total. The van der Waals surface area contributed by atoms with Crippen molar-refractivity contribution in [3.63, 3.8) is 0 Å². The summed E-state index contributed by atoms with van der Waals surface area (Å²) in [6.07, 6.45) is 3.71. The van der Waals surface area contributed by atoms with Crippen LogP contribution in [0.25, 0.3) is 0 Å². The summed E-state index contributed by atoms with van der Waals surface area (Å²) in [7, 11) is 4.18. The van der Waals surface area contributed by atoms with Crippen molar-refractivity contribution in [2.45, 2.75) is 24.9 Å². The van der Waals surface area contributed by atoms with E-state index in [2.05, 4.69) is 56.0 Å². The molecule has 1 fully saturated rings. The van der Waals surface area contributed by atoms with Crippen LogP contribution in [0.5, 0.6) is 0 Å². The fraction of sp³-hybridized carbons (Fsp3) is 0.529. The molecule has 0 aliphatic carbocycles. The second-order valence-corrected chi connectivity index (χ2v) is 7.13. The Kier molecular flexibility index (Phi) is 5.65. The van der Waals surface area contributed by atoms with Crippen LogP contribution >= 0.6 is 11.3 Å². The minimum atomic E-state index is 0.174. The number of aliphatic hydroxyl groups excluding tert-OH is 1. The molecule has 2 atom stereocenters. The summed E-state index contributed by atoms with van der Waals surface area (Å²) in [5, 5.41) is 17.2. The third kappa shape index (κ3) is 3.85. The number of aliphatic hydroxyl groups is 1. The predicted octanol–water partition coefficient (Wildman–Crippen LogP) is 2.21. The van der Waals surface area contributed by atoms with Crippen LogP contribution in [0.1, 0.15) is 24.4 Å². The van der Waals surface area contributed by atoms with Crippen LogP contribution in [-0.2, 0) is 0 Å². The van der Waals surface area contributed by atoms with E-state index in [1.54, 1.807) is 17.7 Å². The summed E-state index contributed by atoms with van der Waals surface area (Å²) < 4.78 is 0. The lowest BCUT2D eigenvalue weighted by molar-refractivity contribution is 0.266. The van der Waals surface area contributed by atoms with Gasteiger partial charge in [-0.2, -0.15) is 11.3 Å². The highest BCUT2D eigenvalue weighted by atomic mass is 32.1. The molecular weight excluding hydrogens is 322 g/mol. The molecule has 0 bridgehead atoms. The molecule has 2 aromatic heterocycles. The van der Waals surface area contributed by atoms with Gasteiger partial charge in [-0.15, -0.1) is 0 Å².